The predicted octanol–water partition coefficient (Wildman–Crippen LogP) is 1.96. The fraction of sp³-hybridized carbons (Fsp3) is 0.455. The zero-order chi connectivity index (χ0) is 12.5. The number of hydrogen-bond acceptors (Lipinski definition) is 4. The Labute approximate surface area is 107 Å². The van der Waals surface area contributed by atoms with Gasteiger partial charge < -0.3 is 14.6 Å². The standard InChI is InChI=1S/C11H12BrNO4/c1-11(4-16-5-11)6-17-9-7(12)2-3-8(13-9)10(14)15/h2-3H,4-6H2,1H3,(H,14,15). The van der Waals surface area contributed by atoms with Crippen LogP contribution in [0.3, 0.4) is 0 Å². The molecule has 0 atom stereocenters. The fourth-order valence-electron chi connectivity index (χ4n) is 1.42. The maximum absolute atomic E-state index is 10.8. The third-order valence-corrected chi connectivity index (χ3v) is 3.09. The van der Waals surface area contributed by atoms with Gasteiger partial charge in [-0.2, -0.15) is 0 Å². The third kappa shape index (κ3) is 2.76. The van der Waals surface area contributed by atoms with E-state index in [0.29, 0.717) is 30.2 Å². The summed E-state index contributed by atoms with van der Waals surface area (Å²) in [5.41, 5.74) is -0.0291. The van der Waals surface area contributed by atoms with Crippen LogP contribution in [0, 0.1) is 5.41 Å². The first kappa shape index (κ1) is 12.3. The number of carbonyl (C=O) groups is 1. The van der Waals surface area contributed by atoms with Gasteiger partial charge in [-0.05, 0) is 28.1 Å². The molecule has 1 saturated heterocycles. The second-order valence-electron chi connectivity index (χ2n) is 4.38. The molecule has 1 N–H and O–H groups in total. The van der Waals surface area contributed by atoms with Crippen molar-refractivity contribution in [2.24, 2.45) is 5.41 Å². The van der Waals surface area contributed by atoms with E-state index < -0.39 is 5.97 Å². The van der Waals surface area contributed by atoms with Gasteiger partial charge in [-0.15, -0.1) is 0 Å². The summed E-state index contributed by atoms with van der Waals surface area (Å²) in [6, 6.07) is 3.04. The van der Waals surface area contributed by atoms with Crippen molar-refractivity contribution in [3.05, 3.63) is 22.3 Å². The SMILES string of the molecule is CC1(COc2nc(C(=O)O)ccc2Br)COC1. The minimum Gasteiger partial charge on any atom is -0.477 e. The summed E-state index contributed by atoms with van der Waals surface area (Å²) in [5, 5.41) is 8.83. The lowest BCUT2D eigenvalue weighted by molar-refractivity contribution is -0.120. The topological polar surface area (TPSA) is 68.7 Å². The molecule has 0 aliphatic carbocycles. The molecule has 0 saturated carbocycles. The number of halogens is 1. The van der Waals surface area contributed by atoms with Crippen molar-refractivity contribution in [3.63, 3.8) is 0 Å². The minimum atomic E-state index is -1.07. The summed E-state index contributed by atoms with van der Waals surface area (Å²) >= 11 is 3.28. The molecule has 0 unspecified atom stereocenters. The van der Waals surface area contributed by atoms with E-state index in [-0.39, 0.29) is 11.1 Å². The lowest BCUT2D eigenvalue weighted by Crippen LogP contribution is -2.44. The van der Waals surface area contributed by atoms with Gasteiger partial charge in [0, 0.05) is 5.41 Å². The van der Waals surface area contributed by atoms with Gasteiger partial charge in [0.05, 0.1) is 24.3 Å². The van der Waals surface area contributed by atoms with Gasteiger partial charge in [0.1, 0.15) is 0 Å². The van der Waals surface area contributed by atoms with Crippen molar-refractivity contribution in [3.8, 4) is 5.88 Å². The Morgan fingerprint density at radius 1 is 1.65 bits per heavy atom. The number of carboxylic acid groups (broad SMARTS) is 1. The summed E-state index contributed by atoms with van der Waals surface area (Å²) in [6.07, 6.45) is 0. The number of hydrogen-bond donors (Lipinski definition) is 1. The quantitative estimate of drug-likeness (QED) is 0.920. The van der Waals surface area contributed by atoms with Crippen molar-refractivity contribution in [1.82, 2.24) is 4.98 Å². The van der Waals surface area contributed by atoms with E-state index in [0.717, 1.165) is 0 Å². The zero-order valence-electron chi connectivity index (χ0n) is 9.27. The maximum atomic E-state index is 10.8. The molecule has 0 aromatic carbocycles. The first-order chi connectivity index (χ1) is 8.00. The summed E-state index contributed by atoms with van der Waals surface area (Å²) in [4.78, 5) is 14.7. The smallest absolute Gasteiger partial charge is 0.354 e. The second kappa shape index (κ2) is 4.62. The molecule has 0 spiro atoms. The van der Waals surface area contributed by atoms with Crippen molar-refractivity contribution in [1.29, 1.82) is 0 Å². The Hall–Kier alpha value is -1.14. The first-order valence-electron chi connectivity index (χ1n) is 5.11. The minimum absolute atomic E-state index is 0.000346. The lowest BCUT2D eigenvalue weighted by Gasteiger charge is -2.37. The molecule has 1 fully saturated rings. The molecule has 6 heteroatoms. The summed E-state index contributed by atoms with van der Waals surface area (Å²) in [5.74, 6) is -0.765. The third-order valence-electron chi connectivity index (χ3n) is 2.49. The van der Waals surface area contributed by atoms with Gasteiger partial charge >= 0.3 is 5.97 Å². The molecule has 1 aromatic heterocycles. The summed E-state index contributed by atoms with van der Waals surface area (Å²) in [6.45, 7) is 3.82. The monoisotopic (exact) mass is 301 g/mol. The Kier molecular flexibility index (Phi) is 3.35. The van der Waals surface area contributed by atoms with E-state index in [4.69, 9.17) is 14.6 Å². The van der Waals surface area contributed by atoms with E-state index in [1.807, 2.05) is 6.92 Å². The molecule has 1 aromatic rings. The molecule has 0 amide bonds. The van der Waals surface area contributed by atoms with Crippen molar-refractivity contribution >= 4 is 21.9 Å². The average molecular weight is 302 g/mol. The van der Waals surface area contributed by atoms with Gasteiger partial charge in [-0.25, -0.2) is 9.78 Å². The molecule has 1 aliphatic rings. The van der Waals surface area contributed by atoms with Crippen LogP contribution in [0.25, 0.3) is 0 Å². The molecule has 0 bridgehead atoms. The van der Waals surface area contributed by atoms with Gasteiger partial charge in [-0.3, -0.25) is 0 Å². The Bertz CT molecular complexity index is 445. The van der Waals surface area contributed by atoms with Crippen LogP contribution in [0.4, 0.5) is 0 Å². The van der Waals surface area contributed by atoms with Gasteiger partial charge in [0.15, 0.2) is 5.69 Å². The predicted molar refractivity (Wildman–Crippen MR) is 63.3 cm³/mol. The highest BCUT2D eigenvalue weighted by molar-refractivity contribution is 9.10. The van der Waals surface area contributed by atoms with Gasteiger partial charge in [0.2, 0.25) is 5.88 Å². The Morgan fingerprint density at radius 3 is 2.88 bits per heavy atom. The number of nitrogens with zero attached hydrogens (tertiary/aromatic N) is 1. The van der Waals surface area contributed by atoms with Crippen LogP contribution in [0.2, 0.25) is 0 Å². The summed E-state index contributed by atoms with van der Waals surface area (Å²) < 4.78 is 11.3. The fourth-order valence-corrected chi connectivity index (χ4v) is 1.76. The molecule has 5 nitrogen and oxygen atoms in total. The van der Waals surface area contributed by atoms with E-state index in [2.05, 4.69) is 20.9 Å². The van der Waals surface area contributed by atoms with Crippen LogP contribution < -0.4 is 4.74 Å². The van der Waals surface area contributed by atoms with Crippen LogP contribution >= 0.6 is 15.9 Å². The van der Waals surface area contributed by atoms with E-state index in [9.17, 15) is 4.79 Å². The Morgan fingerprint density at radius 2 is 2.35 bits per heavy atom. The van der Waals surface area contributed by atoms with Crippen LogP contribution in [-0.4, -0.2) is 35.9 Å². The molecular weight excluding hydrogens is 290 g/mol. The Balaban J connectivity index is 2.08. The largest absolute Gasteiger partial charge is 0.477 e. The van der Waals surface area contributed by atoms with Crippen molar-refractivity contribution < 1.29 is 19.4 Å². The highest BCUT2D eigenvalue weighted by atomic mass is 79.9. The number of rotatable bonds is 4. The molecular formula is C11H12BrNO4. The number of ether oxygens (including phenoxy) is 2. The highest BCUT2D eigenvalue weighted by Gasteiger charge is 2.34. The second-order valence-corrected chi connectivity index (χ2v) is 5.24. The highest BCUT2D eigenvalue weighted by Crippen LogP contribution is 2.29. The number of aromatic nitrogens is 1. The first-order valence-corrected chi connectivity index (χ1v) is 5.90. The average Bonchev–Trinajstić information content (AvgIpc) is 2.25. The normalized spacial score (nSPS) is 17.3. The number of carboxylic acids is 1. The molecule has 2 heterocycles. The van der Waals surface area contributed by atoms with E-state index in [1.54, 1.807) is 6.07 Å². The summed E-state index contributed by atoms with van der Waals surface area (Å²) in [7, 11) is 0. The van der Waals surface area contributed by atoms with Crippen molar-refractivity contribution in [2.45, 2.75) is 6.92 Å². The maximum Gasteiger partial charge on any atom is 0.354 e. The molecule has 2 rings (SSSR count). The molecule has 1 aliphatic heterocycles. The van der Waals surface area contributed by atoms with Gasteiger partial charge in [0.25, 0.3) is 0 Å². The van der Waals surface area contributed by atoms with E-state index in [1.165, 1.54) is 6.07 Å². The number of pyridine rings is 1. The van der Waals surface area contributed by atoms with Crippen LogP contribution in [0.15, 0.2) is 16.6 Å². The molecule has 0 radical (unpaired) electrons. The number of aromatic carboxylic acids is 1. The van der Waals surface area contributed by atoms with E-state index >= 15 is 0 Å². The van der Waals surface area contributed by atoms with Crippen LogP contribution in [0.5, 0.6) is 5.88 Å². The zero-order valence-corrected chi connectivity index (χ0v) is 10.9. The van der Waals surface area contributed by atoms with Crippen LogP contribution in [0.1, 0.15) is 17.4 Å². The van der Waals surface area contributed by atoms with Crippen molar-refractivity contribution in [2.75, 3.05) is 19.8 Å². The molecule has 17 heavy (non-hydrogen) atoms. The lowest BCUT2D eigenvalue weighted by atomic mass is 9.90. The van der Waals surface area contributed by atoms with Gasteiger partial charge in [-0.1, -0.05) is 6.92 Å². The molecule has 92 valence electrons. The van der Waals surface area contributed by atoms with Crippen LogP contribution in [-0.2, 0) is 4.74 Å².